The molecule has 0 aliphatic carbocycles. The predicted molar refractivity (Wildman–Crippen MR) is 134 cm³/mol. The Labute approximate surface area is 208 Å². The van der Waals surface area contributed by atoms with Crippen LogP contribution in [0.3, 0.4) is 0 Å². The lowest BCUT2D eigenvalue weighted by Gasteiger charge is -2.24. The van der Waals surface area contributed by atoms with Crippen molar-refractivity contribution in [3.05, 3.63) is 70.8 Å². The second kappa shape index (κ2) is 13.5. The number of unbranched alkanes of at least 4 members (excludes halogenated alkanes) is 1. The van der Waals surface area contributed by atoms with Gasteiger partial charge in [0.05, 0.1) is 12.2 Å². The Hall–Kier alpha value is -3.35. The van der Waals surface area contributed by atoms with Crippen LogP contribution in [-0.4, -0.2) is 46.8 Å². The number of carbonyl (C=O) groups is 3. The molecular weight excluding hydrogens is 446 g/mol. The average molecular weight is 484 g/mol. The standard InChI is InChI=1S/C28H37NO6/c1-5-6-18-34-27(33)29(17-16-21-10-8-7-9-11-21)20-24-13-12-23(26(32)35-28(2,3)4)19-22(24)14-15-25(30)31/h7-13,19H,5-6,14-18,20H2,1-4H3,(H,30,31). The summed E-state index contributed by atoms with van der Waals surface area (Å²) >= 11 is 0. The second-order valence-electron chi connectivity index (χ2n) is 9.50. The monoisotopic (exact) mass is 483 g/mol. The van der Waals surface area contributed by atoms with Crippen molar-refractivity contribution >= 4 is 18.0 Å². The van der Waals surface area contributed by atoms with Crippen LogP contribution >= 0.6 is 0 Å². The van der Waals surface area contributed by atoms with E-state index in [9.17, 15) is 19.5 Å². The van der Waals surface area contributed by atoms with Gasteiger partial charge in [0.2, 0.25) is 0 Å². The van der Waals surface area contributed by atoms with Gasteiger partial charge in [0.15, 0.2) is 0 Å². The average Bonchev–Trinajstić information content (AvgIpc) is 2.80. The van der Waals surface area contributed by atoms with Crippen LogP contribution in [-0.2, 0) is 33.7 Å². The Balaban J connectivity index is 2.28. The Bertz CT molecular complexity index is 981. The summed E-state index contributed by atoms with van der Waals surface area (Å²) in [6, 6.07) is 15.0. The summed E-state index contributed by atoms with van der Waals surface area (Å²) in [6.45, 7) is 8.45. The van der Waals surface area contributed by atoms with E-state index >= 15 is 0 Å². The lowest BCUT2D eigenvalue weighted by molar-refractivity contribution is -0.136. The van der Waals surface area contributed by atoms with Crippen LogP contribution in [0.25, 0.3) is 0 Å². The molecule has 7 heteroatoms. The molecule has 1 amide bonds. The highest BCUT2D eigenvalue weighted by atomic mass is 16.6. The van der Waals surface area contributed by atoms with E-state index in [0.717, 1.165) is 24.0 Å². The minimum Gasteiger partial charge on any atom is -0.481 e. The van der Waals surface area contributed by atoms with Crippen molar-refractivity contribution in [3.8, 4) is 0 Å². The van der Waals surface area contributed by atoms with E-state index in [1.165, 1.54) is 0 Å². The molecule has 1 N–H and O–H groups in total. The van der Waals surface area contributed by atoms with Crippen molar-refractivity contribution < 1.29 is 29.0 Å². The molecule has 190 valence electrons. The lowest BCUT2D eigenvalue weighted by Crippen LogP contribution is -2.33. The maximum atomic E-state index is 12.9. The van der Waals surface area contributed by atoms with Crippen molar-refractivity contribution in [3.63, 3.8) is 0 Å². The Morgan fingerprint density at radius 1 is 0.971 bits per heavy atom. The van der Waals surface area contributed by atoms with Crippen LogP contribution in [0.5, 0.6) is 0 Å². The summed E-state index contributed by atoms with van der Waals surface area (Å²) in [4.78, 5) is 38.3. The maximum absolute atomic E-state index is 12.9. The number of hydrogen-bond donors (Lipinski definition) is 1. The Morgan fingerprint density at radius 2 is 1.69 bits per heavy atom. The third-order valence-electron chi connectivity index (χ3n) is 5.31. The van der Waals surface area contributed by atoms with Gasteiger partial charge in [-0.25, -0.2) is 9.59 Å². The highest BCUT2D eigenvalue weighted by Crippen LogP contribution is 2.20. The number of aryl methyl sites for hydroxylation is 1. The number of esters is 1. The Kier molecular flexibility index (Phi) is 10.8. The predicted octanol–water partition coefficient (Wildman–Crippen LogP) is 5.64. The van der Waals surface area contributed by atoms with Gasteiger partial charge in [0, 0.05) is 19.5 Å². The molecule has 2 rings (SSSR count). The van der Waals surface area contributed by atoms with E-state index in [1.54, 1.807) is 43.9 Å². The molecule has 2 aromatic carbocycles. The molecule has 2 aromatic rings. The van der Waals surface area contributed by atoms with Crippen molar-refractivity contribution in [2.24, 2.45) is 0 Å². The van der Waals surface area contributed by atoms with Crippen LogP contribution in [0.4, 0.5) is 4.79 Å². The smallest absolute Gasteiger partial charge is 0.410 e. The molecule has 35 heavy (non-hydrogen) atoms. The fourth-order valence-corrected chi connectivity index (χ4v) is 3.46. The van der Waals surface area contributed by atoms with Crippen molar-refractivity contribution in [1.82, 2.24) is 4.90 Å². The Morgan fingerprint density at radius 3 is 2.31 bits per heavy atom. The molecule has 0 saturated carbocycles. The second-order valence-corrected chi connectivity index (χ2v) is 9.50. The van der Waals surface area contributed by atoms with E-state index in [1.807, 2.05) is 37.3 Å². The fourth-order valence-electron chi connectivity index (χ4n) is 3.46. The summed E-state index contributed by atoms with van der Waals surface area (Å²) in [7, 11) is 0. The van der Waals surface area contributed by atoms with Crippen molar-refractivity contribution in [2.75, 3.05) is 13.2 Å². The van der Waals surface area contributed by atoms with Crippen molar-refractivity contribution in [1.29, 1.82) is 0 Å². The SMILES string of the molecule is CCCCOC(=O)N(CCc1ccccc1)Cc1ccc(C(=O)OC(C)(C)C)cc1CCC(=O)O. The van der Waals surface area contributed by atoms with E-state index in [-0.39, 0.29) is 19.4 Å². The van der Waals surface area contributed by atoms with E-state index in [0.29, 0.717) is 30.7 Å². The van der Waals surface area contributed by atoms with Gasteiger partial charge in [0.1, 0.15) is 5.60 Å². The van der Waals surface area contributed by atoms with Gasteiger partial charge in [-0.15, -0.1) is 0 Å². The van der Waals surface area contributed by atoms with Crippen molar-refractivity contribution in [2.45, 2.75) is 71.9 Å². The normalized spacial score (nSPS) is 11.1. The number of nitrogens with zero attached hydrogens (tertiary/aromatic N) is 1. The quantitative estimate of drug-likeness (QED) is 0.310. The largest absolute Gasteiger partial charge is 0.481 e. The van der Waals surface area contributed by atoms with Gasteiger partial charge in [-0.2, -0.15) is 0 Å². The van der Waals surface area contributed by atoms with E-state index < -0.39 is 23.6 Å². The molecule has 0 bridgehead atoms. The minimum absolute atomic E-state index is 0.0876. The molecule has 0 aliphatic heterocycles. The molecule has 0 aromatic heterocycles. The summed E-state index contributed by atoms with van der Waals surface area (Å²) < 4.78 is 10.9. The highest BCUT2D eigenvalue weighted by molar-refractivity contribution is 5.90. The summed E-state index contributed by atoms with van der Waals surface area (Å²) in [5, 5.41) is 9.22. The number of carboxylic acids is 1. The van der Waals surface area contributed by atoms with Crippen LogP contribution in [0.1, 0.15) is 74.0 Å². The number of benzene rings is 2. The first-order valence-electron chi connectivity index (χ1n) is 12.1. The summed E-state index contributed by atoms with van der Waals surface area (Å²) in [5.41, 5.74) is 2.28. The molecular formula is C28H37NO6. The zero-order valence-corrected chi connectivity index (χ0v) is 21.2. The van der Waals surface area contributed by atoms with Gasteiger partial charge < -0.3 is 19.5 Å². The first kappa shape index (κ1) is 27.9. The lowest BCUT2D eigenvalue weighted by atomic mass is 9.99. The number of hydrogen-bond acceptors (Lipinski definition) is 5. The van der Waals surface area contributed by atoms with Gasteiger partial charge in [-0.1, -0.05) is 49.7 Å². The van der Waals surface area contributed by atoms with Crippen LogP contribution in [0.15, 0.2) is 48.5 Å². The molecule has 0 saturated heterocycles. The molecule has 0 fully saturated rings. The van der Waals surface area contributed by atoms with Gasteiger partial charge in [-0.05, 0) is 68.9 Å². The van der Waals surface area contributed by atoms with Gasteiger partial charge in [0.25, 0.3) is 0 Å². The number of carboxylic acid groups (broad SMARTS) is 1. The van der Waals surface area contributed by atoms with Crippen LogP contribution in [0.2, 0.25) is 0 Å². The van der Waals surface area contributed by atoms with Crippen LogP contribution < -0.4 is 0 Å². The fraction of sp³-hybridized carbons (Fsp3) is 0.464. The third kappa shape index (κ3) is 10.2. The summed E-state index contributed by atoms with van der Waals surface area (Å²) in [6.07, 6.45) is 2.10. The topological polar surface area (TPSA) is 93.1 Å². The highest BCUT2D eigenvalue weighted by Gasteiger charge is 2.21. The third-order valence-corrected chi connectivity index (χ3v) is 5.31. The molecule has 0 atom stereocenters. The molecule has 7 nitrogen and oxygen atoms in total. The van der Waals surface area contributed by atoms with E-state index in [4.69, 9.17) is 9.47 Å². The number of rotatable bonds is 12. The number of ether oxygens (including phenoxy) is 2. The van der Waals surface area contributed by atoms with Gasteiger partial charge in [-0.3, -0.25) is 4.79 Å². The number of amides is 1. The van der Waals surface area contributed by atoms with Gasteiger partial charge >= 0.3 is 18.0 Å². The van der Waals surface area contributed by atoms with Crippen LogP contribution in [0, 0.1) is 0 Å². The molecule has 0 heterocycles. The minimum atomic E-state index is -0.932. The first-order chi connectivity index (χ1) is 16.6. The molecule has 0 radical (unpaired) electrons. The molecule has 0 aliphatic rings. The van der Waals surface area contributed by atoms with E-state index in [2.05, 4.69) is 0 Å². The first-order valence-corrected chi connectivity index (χ1v) is 12.1. The zero-order chi connectivity index (χ0) is 25.8. The maximum Gasteiger partial charge on any atom is 0.410 e. The number of aliphatic carboxylic acids is 1. The zero-order valence-electron chi connectivity index (χ0n) is 21.2. The number of carbonyl (C=O) groups excluding carboxylic acids is 2. The molecule has 0 unspecified atom stereocenters. The molecule has 0 spiro atoms. The summed E-state index contributed by atoms with van der Waals surface area (Å²) in [5.74, 6) is -1.40.